The Hall–Kier alpha value is 0.450. The first-order valence-corrected chi connectivity index (χ1v) is 1.60. The van der Waals surface area contributed by atoms with E-state index in [1.165, 1.54) is 0 Å². The van der Waals surface area contributed by atoms with Gasteiger partial charge in [0.15, 0.2) is 0 Å². The molecule has 0 aliphatic rings. The monoisotopic (exact) mass is 127 g/mol. The molecule has 7 heavy (non-hydrogen) atoms. The SMILES string of the molecule is N=NC(=S)NN.[Na]. The average molecular weight is 127 g/mol. The topological polar surface area (TPSA) is 74.3 Å². The molecule has 0 bridgehead atoms. The average Bonchev–Trinajstić information content (AvgIpc) is 1.65. The molecule has 0 saturated carbocycles. The van der Waals surface area contributed by atoms with Crippen molar-refractivity contribution in [3.8, 4) is 0 Å². The van der Waals surface area contributed by atoms with Crippen LogP contribution in [-0.4, -0.2) is 34.7 Å². The van der Waals surface area contributed by atoms with Gasteiger partial charge in [-0.15, -0.1) is 5.11 Å². The number of rotatable bonds is 0. The van der Waals surface area contributed by atoms with Gasteiger partial charge in [0.05, 0.1) is 0 Å². The molecule has 0 atom stereocenters. The molecule has 0 spiro atoms. The molecule has 0 heterocycles. The Balaban J connectivity index is 0. The summed E-state index contributed by atoms with van der Waals surface area (Å²) in [7, 11) is 0. The number of nitrogens with zero attached hydrogens (tertiary/aromatic N) is 1. The number of hydrogen-bond acceptors (Lipinski definition) is 3. The third-order valence-corrected chi connectivity index (χ3v) is 0.434. The molecule has 4 N–H and O–H groups in total. The third-order valence-electron chi connectivity index (χ3n) is 0.225. The minimum absolute atomic E-state index is 0. The fraction of sp³-hybridized carbons (Fsp3) is 0. The first-order valence-electron chi connectivity index (χ1n) is 1.19. The van der Waals surface area contributed by atoms with Crippen molar-refractivity contribution >= 4 is 46.9 Å². The van der Waals surface area contributed by atoms with E-state index in [1.807, 2.05) is 5.43 Å². The van der Waals surface area contributed by atoms with E-state index in [9.17, 15) is 0 Å². The van der Waals surface area contributed by atoms with Crippen molar-refractivity contribution in [2.24, 2.45) is 11.0 Å². The van der Waals surface area contributed by atoms with Crippen LogP contribution < -0.4 is 11.3 Å². The molecule has 0 aliphatic carbocycles. The van der Waals surface area contributed by atoms with E-state index in [1.54, 1.807) is 0 Å². The van der Waals surface area contributed by atoms with E-state index < -0.39 is 0 Å². The Labute approximate surface area is 68.6 Å². The van der Waals surface area contributed by atoms with Crippen LogP contribution in [0.25, 0.3) is 0 Å². The molecule has 0 aromatic carbocycles. The minimum atomic E-state index is -0.00463. The van der Waals surface area contributed by atoms with E-state index in [4.69, 9.17) is 5.53 Å². The molecule has 0 saturated heterocycles. The molecule has 0 amide bonds. The number of hydrogen-bond donors (Lipinski definition) is 3. The van der Waals surface area contributed by atoms with E-state index in [2.05, 4.69) is 23.2 Å². The van der Waals surface area contributed by atoms with Crippen LogP contribution >= 0.6 is 12.2 Å². The summed E-state index contributed by atoms with van der Waals surface area (Å²) in [6.07, 6.45) is 0. The van der Waals surface area contributed by atoms with Gasteiger partial charge in [0.25, 0.3) is 0 Å². The molecule has 0 aromatic heterocycles. The molecule has 0 fully saturated rings. The maximum absolute atomic E-state index is 6.15. The molecule has 1 radical (unpaired) electrons. The number of nitrogens with one attached hydrogen (secondary N) is 2. The van der Waals surface area contributed by atoms with Crippen LogP contribution in [0.1, 0.15) is 0 Å². The van der Waals surface area contributed by atoms with E-state index in [0.29, 0.717) is 0 Å². The zero-order chi connectivity index (χ0) is 4.99. The third kappa shape index (κ3) is 6.45. The van der Waals surface area contributed by atoms with Gasteiger partial charge < -0.3 is 0 Å². The molecule has 6 heteroatoms. The quantitative estimate of drug-likeness (QED) is 0.133. The van der Waals surface area contributed by atoms with Crippen molar-refractivity contribution in [1.29, 1.82) is 5.53 Å². The van der Waals surface area contributed by atoms with Gasteiger partial charge in [0.1, 0.15) is 0 Å². The van der Waals surface area contributed by atoms with Crippen molar-refractivity contribution in [3.63, 3.8) is 0 Å². The zero-order valence-corrected chi connectivity index (χ0v) is 6.75. The summed E-state index contributed by atoms with van der Waals surface area (Å²) in [5.41, 5.74) is 8.14. The second-order valence-electron chi connectivity index (χ2n) is 0.561. The first kappa shape index (κ1) is 10.4. The van der Waals surface area contributed by atoms with E-state index in [-0.39, 0.29) is 34.7 Å². The summed E-state index contributed by atoms with van der Waals surface area (Å²) in [5, 5.41) is 2.75. The Morgan fingerprint density at radius 1 is 1.86 bits per heavy atom. The fourth-order valence-electron chi connectivity index (χ4n) is 0.0323. The Morgan fingerprint density at radius 3 is 2.29 bits per heavy atom. The molecule has 0 rings (SSSR count). The van der Waals surface area contributed by atoms with Crippen LogP contribution in [0.5, 0.6) is 0 Å². The summed E-state index contributed by atoms with van der Waals surface area (Å²) in [4.78, 5) is 0. The van der Waals surface area contributed by atoms with Crippen molar-refractivity contribution < 1.29 is 0 Å². The zero-order valence-electron chi connectivity index (χ0n) is 3.93. The summed E-state index contributed by atoms with van der Waals surface area (Å²) in [6, 6.07) is 0. The molecule has 35 valence electrons. The van der Waals surface area contributed by atoms with Gasteiger partial charge in [-0.1, -0.05) is 0 Å². The molecular formula is CH4N4NaS. The molecule has 0 aromatic rings. The van der Waals surface area contributed by atoms with Crippen LogP contribution in [0.15, 0.2) is 5.11 Å². The molecule has 4 nitrogen and oxygen atoms in total. The first-order chi connectivity index (χ1) is 2.81. The second-order valence-corrected chi connectivity index (χ2v) is 0.948. The predicted octanol–water partition coefficient (Wildman–Crippen LogP) is -0.615. The van der Waals surface area contributed by atoms with Crippen molar-refractivity contribution in [3.05, 3.63) is 0 Å². The summed E-state index contributed by atoms with van der Waals surface area (Å²) >= 11 is 4.27. The van der Waals surface area contributed by atoms with E-state index in [0.717, 1.165) is 0 Å². The maximum atomic E-state index is 6.15. The number of hydrazine groups is 1. The number of thiocarbonyl (C=S) groups is 1. The predicted molar refractivity (Wildman–Crippen MR) is 30.8 cm³/mol. The van der Waals surface area contributed by atoms with Gasteiger partial charge in [0, 0.05) is 29.6 Å². The standard InChI is InChI=1S/CH4N4S.Na/c2-4-1(6)5-3;/h2H,3H2,(H,5,6);. The van der Waals surface area contributed by atoms with Gasteiger partial charge in [-0.05, 0) is 12.2 Å². The van der Waals surface area contributed by atoms with Gasteiger partial charge in [-0.2, -0.15) is 0 Å². The Kier molecular flexibility index (Phi) is 9.61. The minimum Gasteiger partial charge on any atom is -0.298 e. The summed E-state index contributed by atoms with van der Waals surface area (Å²) in [5.74, 6) is 4.68. The van der Waals surface area contributed by atoms with Gasteiger partial charge >= 0.3 is 0 Å². The molecule has 0 unspecified atom stereocenters. The fourth-order valence-corrected chi connectivity index (χ4v) is 0.0323. The Bertz CT molecular complexity index is 72.1. The van der Waals surface area contributed by atoms with Crippen molar-refractivity contribution in [1.82, 2.24) is 5.43 Å². The smallest absolute Gasteiger partial charge is 0.227 e. The van der Waals surface area contributed by atoms with Crippen LogP contribution in [0, 0.1) is 5.53 Å². The van der Waals surface area contributed by atoms with Gasteiger partial charge in [-0.3, -0.25) is 5.43 Å². The van der Waals surface area contributed by atoms with Crippen molar-refractivity contribution in [2.75, 3.05) is 0 Å². The maximum Gasteiger partial charge on any atom is 0.227 e. The second kappa shape index (κ2) is 6.45. The van der Waals surface area contributed by atoms with Gasteiger partial charge in [0.2, 0.25) is 5.11 Å². The van der Waals surface area contributed by atoms with Gasteiger partial charge in [-0.25, -0.2) is 11.4 Å². The molecule has 0 aliphatic heterocycles. The van der Waals surface area contributed by atoms with Crippen molar-refractivity contribution in [2.45, 2.75) is 0 Å². The summed E-state index contributed by atoms with van der Waals surface area (Å²) in [6.45, 7) is 0. The normalized spacial score (nSPS) is 5.86. The summed E-state index contributed by atoms with van der Waals surface area (Å²) < 4.78 is 0. The van der Waals surface area contributed by atoms with Crippen LogP contribution in [-0.2, 0) is 0 Å². The van der Waals surface area contributed by atoms with E-state index >= 15 is 0 Å². The molecular weight excluding hydrogens is 123 g/mol. The number of nitrogens with two attached hydrogens (primary N) is 1. The Morgan fingerprint density at radius 2 is 2.29 bits per heavy atom. The van der Waals surface area contributed by atoms with Crippen LogP contribution in [0.4, 0.5) is 0 Å². The largest absolute Gasteiger partial charge is 0.298 e. The van der Waals surface area contributed by atoms with Crippen LogP contribution in [0.2, 0.25) is 0 Å². The van der Waals surface area contributed by atoms with Crippen LogP contribution in [0.3, 0.4) is 0 Å².